The van der Waals surface area contributed by atoms with E-state index >= 15 is 0 Å². The molecule has 0 aliphatic rings. The molecule has 0 atom stereocenters. The highest BCUT2D eigenvalue weighted by Crippen LogP contribution is 2.19. The summed E-state index contributed by atoms with van der Waals surface area (Å²) in [6, 6.07) is 0.430. The maximum atomic E-state index is 6.22. The Kier molecular flexibility index (Phi) is 4.21. The average Bonchev–Trinajstić information content (AvgIpc) is 2.88. The molecule has 2 aromatic heterocycles. The van der Waals surface area contributed by atoms with Crippen molar-refractivity contribution in [3.8, 4) is 0 Å². The van der Waals surface area contributed by atoms with Gasteiger partial charge in [-0.25, -0.2) is 4.68 Å². The topological polar surface area (TPSA) is 60.6 Å². The zero-order chi connectivity index (χ0) is 14.0. The molecule has 104 valence electrons. The van der Waals surface area contributed by atoms with Crippen LogP contribution in [0.25, 0.3) is 0 Å². The third kappa shape index (κ3) is 3.33. The van der Waals surface area contributed by atoms with Gasteiger partial charge in [-0.2, -0.15) is 5.10 Å². The van der Waals surface area contributed by atoms with Gasteiger partial charge < -0.3 is 5.32 Å². The summed E-state index contributed by atoms with van der Waals surface area (Å²) in [5.41, 5.74) is 2.69. The van der Waals surface area contributed by atoms with Crippen LogP contribution in [0, 0.1) is 6.92 Å². The van der Waals surface area contributed by atoms with Gasteiger partial charge in [0.1, 0.15) is 0 Å². The molecule has 6 nitrogen and oxygen atoms in total. The van der Waals surface area contributed by atoms with E-state index in [2.05, 4.69) is 34.6 Å². The van der Waals surface area contributed by atoms with Crippen molar-refractivity contribution >= 4 is 11.6 Å². The minimum Gasteiger partial charge on any atom is -0.309 e. The fourth-order valence-electron chi connectivity index (χ4n) is 1.81. The first-order valence-corrected chi connectivity index (χ1v) is 6.65. The highest BCUT2D eigenvalue weighted by atomic mass is 35.5. The van der Waals surface area contributed by atoms with E-state index in [9.17, 15) is 0 Å². The normalized spacial score (nSPS) is 11.5. The van der Waals surface area contributed by atoms with Crippen LogP contribution in [0.15, 0.2) is 6.20 Å². The number of hydrogen-bond donors (Lipinski definition) is 1. The summed E-state index contributed by atoms with van der Waals surface area (Å²) in [5.74, 6) is 0. The van der Waals surface area contributed by atoms with Crippen molar-refractivity contribution in [2.45, 2.75) is 39.9 Å². The smallest absolute Gasteiger partial charge is 0.0965 e. The van der Waals surface area contributed by atoms with E-state index in [4.69, 9.17) is 11.6 Å². The second kappa shape index (κ2) is 5.71. The van der Waals surface area contributed by atoms with Crippen LogP contribution in [0.5, 0.6) is 0 Å². The SMILES string of the molecule is Cc1nn(C)c(Cn2cc(CNC(C)C)nn2)c1Cl. The summed E-state index contributed by atoms with van der Waals surface area (Å²) in [6.45, 7) is 7.39. The molecular weight excluding hydrogens is 264 g/mol. The van der Waals surface area contributed by atoms with E-state index in [1.54, 1.807) is 9.36 Å². The molecule has 7 heteroatoms. The first-order chi connectivity index (χ1) is 8.97. The standard InChI is InChI=1S/C12H19ClN6/c1-8(2)14-5-10-6-19(17-15-10)7-11-12(13)9(3)16-18(11)4/h6,8,14H,5,7H2,1-4H3. The molecule has 2 rings (SSSR count). The Morgan fingerprint density at radius 2 is 2.16 bits per heavy atom. The van der Waals surface area contributed by atoms with E-state index in [0.29, 0.717) is 17.6 Å². The van der Waals surface area contributed by atoms with Gasteiger partial charge >= 0.3 is 0 Å². The van der Waals surface area contributed by atoms with E-state index < -0.39 is 0 Å². The predicted octanol–water partition coefficient (Wildman–Crippen LogP) is 1.52. The fourth-order valence-corrected chi connectivity index (χ4v) is 2.03. The lowest BCUT2D eigenvalue weighted by Gasteiger charge is -2.04. The largest absolute Gasteiger partial charge is 0.309 e. The molecule has 0 aliphatic carbocycles. The minimum atomic E-state index is 0.430. The van der Waals surface area contributed by atoms with Crippen LogP contribution in [0.3, 0.4) is 0 Å². The van der Waals surface area contributed by atoms with E-state index in [1.165, 1.54) is 0 Å². The van der Waals surface area contributed by atoms with Crippen molar-refractivity contribution in [1.29, 1.82) is 0 Å². The minimum absolute atomic E-state index is 0.430. The van der Waals surface area contributed by atoms with Crippen LogP contribution in [0.2, 0.25) is 5.02 Å². The molecule has 0 unspecified atom stereocenters. The van der Waals surface area contributed by atoms with Crippen LogP contribution in [0.4, 0.5) is 0 Å². The quantitative estimate of drug-likeness (QED) is 0.903. The second-order valence-electron chi connectivity index (χ2n) is 4.91. The molecule has 0 fully saturated rings. The van der Waals surface area contributed by atoms with Gasteiger partial charge in [-0.15, -0.1) is 5.10 Å². The van der Waals surface area contributed by atoms with Crippen molar-refractivity contribution < 1.29 is 0 Å². The Morgan fingerprint density at radius 1 is 1.42 bits per heavy atom. The summed E-state index contributed by atoms with van der Waals surface area (Å²) in [4.78, 5) is 0. The van der Waals surface area contributed by atoms with Crippen molar-refractivity contribution in [2.75, 3.05) is 0 Å². The van der Waals surface area contributed by atoms with Crippen molar-refractivity contribution in [3.63, 3.8) is 0 Å². The zero-order valence-electron chi connectivity index (χ0n) is 11.7. The predicted molar refractivity (Wildman–Crippen MR) is 74.1 cm³/mol. The maximum absolute atomic E-state index is 6.22. The van der Waals surface area contributed by atoms with Crippen LogP contribution in [-0.2, 0) is 20.1 Å². The molecule has 0 saturated carbocycles. The Labute approximate surface area is 117 Å². The van der Waals surface area contributed by atoms with Gasteiger partial charge in [-0.3, -0.25) is 4.68 Å². The van der Waals surface area contributed by atoms with Gasteiger partial charge in [0.25, 0.3) is 0 Å². The molecule has 0 aliphatic heterocycles. The summed E-state index contributed by atoms with van der Waals surface area (Å²) >= 11 is 6.22. The molecule has 0 saturated heterocycles. The summed E-state index contributed by atoms with van der Waals surface area (Å²) in [5, 5.41) is 16.5. The van der Waals surface area contributed by atoms with E-state index in [1.807, 2.05) is 20.2 Å². The first kappa shape index (κ1) is 14.0. The summed E-state index contributed by atoms with van der Waals surface area (Å²) < 4.78 is 3.56. The lowest BCUT2D eigenvalue weighted by atomic mass is 10.3. The van der Waals surface area contributed by atoms with Crippen molar-refractivity contribution in [1.82, 2.24) is 30.1 Å². The number of nitrogens with zero attached hydrogens (tertiary/aromatic N) is 5. The number of aryl methyl sites for hydroxylation is 2. The average molecular weight is 283 g/mol. The van der Waals surface area contributed by atoms with Gasteiger partial charge in [0.2, 0.25) is 0 Å². The molecule has 2 heterocycles. The van der Waals surface area contributed by atoms with Crippen LogP contribution >= 0.6 is 11.6 Å². The van der Waals surface area contributed by atoms with E-state index in [-0.39, 0.29) is 0 Å². The number of rotatable bonds is 5. The molecule has 0 aromatic carbocycles. The Hall–Kier alpha value is -1.40. The zero-order valence-corrected chi connectivity index (χ0v) is 12.4. The van der Waals surface area contributed by atoms with E-state index in [0.717, 1.165) is 23.6 Å². The fraction of sp³-hybridized carbons (Fsp3) is 0.583. The van der Waals surface area contributed by atoms with Gasteiger partial charge in [0.15, 0.2) is 0 Å². The van der Waals surface area contributed by atoms with Crippen molar-refractivity contribution in [3.05, 3.63) is 28.3 Å². The third-order valence-electron chi connectivity index (χ3n) is 2.85. The van der Waals surface area contributed by atoms with Crippen molar-refractivity contribution in [2.24, 2.45) is 7.05 Å². The molecular formula is C12H19ClN6. The third-order valence-corrected chi connectivity index (χ3v) is 3.34. The molecule has 1 N–H and O–H groups in total. The molecule has 0 spiro atoms. The number of hydrogen-bond acceptors (Lipinski definition) is 4. The number of aromatic nitrogens is 5. The van der Waals surface area contributed by atoms with Gasteiger partial charge in [0.05, 0.1) is 34.8 Å². The second-order valence-corrected chi connectivity index (χ2v) is 5.29. The highest BCUT2D eigenvalue weighted by Gasteiger charge is 2.12. The molecule has 0 radical (unpaired) electrons. The summed E-state index contributed by atoms with van der Waals surface area (Å²) in [7, 11) is 1.88. The number of nitrogens with one attached hydrogen (secondary N) is 1. The molecule has 0 amide bonds. The van der Waals surface area contributed by atoms with Gasteiger partial charge in [0, 0.05) is 19.6 Å². The highest BCUT2D eigenvalue weighted by molar-refractivity contribution is 6.31. The lowest BCUT2D eigenvalue weighted by Crippen LogP contribution is -2.21. The summed E-state index contributed by atoms with van der Waals surface area (Å²) in [6.07, 6.45) is 1.92. The Balaban J connectivity index is 2.07. The first-order valence-electron chi connectivity index (χ1n) is 6.27. The van der Waals surface area contributed by atoms with Gasteiger partial charge in [-0.05, 0) is 6.92 Å². The lowest BCUT2D eigenvalue weighted by molar-refractivity contribution is 0.580. The molecule has 19 heavy (non-hydrogen) atoms. The van der Waals surface area contributed by atoms with Crippen LogP contribution < -0.4 is 5.32 Å². The Bertz CT molecular complexity index is 557. The molecule has 2 aromatic rings. The van der Waals surface area contributed by atoms with Crippen LogP contribution in [-0.4, -0.2) is 30.8 Å². The molecule has 0 bridgehead atoms. The maximum Gasteiger partial charge on any atom is 0.0965 e. The monoisotopic (exact) mass is 282 g/mol. The van der Waals surface area contributed by atoms with Gasteiger partial charge in [-0.1, -0.05) is 30.7 Å². The number of halogens is 1. The Morgan fingerprint density at radius 3 is 2.74 bits per heavy atom. The van der Waals surface area contributed by atoms with Crippen LogP contribution in [0.1, 0.15) is 30.9 Å².